The lowest BCUT2D eigenvalue weighted by molar-refractivity contribution is 0.190. The fraction of sp³-hybridized carbons (Fsp3) is 0.455. The molecule has 2 aromatic rings. The third kappa shape index (κ3) is 2.14. The first kappa shape index (κ1) is 10.9. The highest BCUT2D eigenvalue weighted by Gasteiger charge is 2.07. The summed E-state index contributed by atoms with van der Waals surface area (Å²) in [5, 5.41) is 7.53. The largest absolute Gasteiger partial charge is 0.383 e. The molecule has 86 valence electrons. The van der Waals surface area contributed by atoms with Gasteiger partial charge < -0.3 is 10.1 Å². The van der Waals surface area contributed by atoms with Gasteiger partial charge in [0.2, 0.25) is 5.95 Å². The predicted molar refractivity (Wildman–Crippen MR) is 62.7 cm³/mol. The summed E-state index contributed by atoms with van der Waals surface area (Å²) in [7, 11) is 1.68. The van der Waals surface area contributed by atoms with Gasteiger partial charge in [-0.2, -0.15) is 4.98 Å². The Morgan fingerprint density at radius 1 is 1.56 bits per heavy atom. The molecule has 0 aromatic carbocycles. The zero-order valence-electron chi connectivity index (χ0n) is 9.77. The van der Waals surface area contributed by atoms with E-state index in [4.69, 9.17) is 4.74 Å². The molecule has 2 heterocycles. The lowest BCUT2D eigenvalue weighted by Crippen LogP contribution is -2.21. The summed E-state index contributed by atoms with van der Waals surface area (Å²) in [6, 6.07) is 4.17. The van der Waals surface area contributed by atoms with E-state index in [1.807, 2.05) is 32.2 Å². The van der Waals surface area contributed by atoms with E-state index >= 15 is 0 Å². The van der Waals surface area contributed by atoms with Crippen LogP contribution in [0.4, 0.5) is 5.95 Å². The van der Waals surface area contributed by atoms with E-state index in [1.165, 1.54) is 0 Å². The lowest BCUT2D eigenvalue weighted by atomic mass is 10.3. The first-order chi connectivity index (χ1) is 7.70. The number of aromatic nitrogens is 3. The molecule has 2 rings (SSSR count). The average Bonchev–Trinajstić information content (AvgIpc) is 2.62. The minimum absolute atomic E-state index is 0.197. The van der Waals surface area contributed by atoms with Gasteiger partial charge in [-0.25, -0.2) is 4.52 Å². The third-order valence-electron chi connectivity index (χ3n) is 2.35. The molecule has 0 aliphatic carbocycles. The van der Waals surface area contributed by atoms with Gasteiger partial charge in [-0.15, -0.1) is 5.10 Å². The Labute approximate surface area is 94.4 Å². The number of anilines is 1. The summed E-state index contributed by atoms with van der Waals surface area (Å²) in [5.74, 6) is 0.638. The second kappa shape index (κ2) is 4.49. The Morgan fingerprint density at radius 2 is 2.38 bits per heavy atom. The summed E-state index contributed by atoms with van der Waals surface area (Å²) in [5.41, 5.74) is 2.00. The quantitative estimate of drug-likeness (QED) is 0.848. The van der Waals surface area contributed by atoms with Crippen molar-refractivity contribution < 1.29 is 4.74 Å². The van der Waals surface area contributed by atoms with Crippen LogP contribution < -0.4 is 5.32 Å². The lowest BCUT2D eigenvalue weighted by Gasteiger charge is -2.09. The van der Waals surface area contributed by atoms with Crippen LogP contribution in [0.1, 0.15) is 12.5 Å². The molecule has 16 heavy (non-hydrogen) atoms. The van der Waals surface area contributed by atoms with Gasteiger partial charge >= 0.3 is 0 Å². The number of hydrogen-bond acceptors (Lipinski definition) is 4. The van der Waals surface area contributed by atoms with Gasteiger partial charge in [0.1, 0.15) is 0 Å². The number of fused-ring (bicyclic) bond motifs is 1. The van der Waals surface area contributed by atoms with Crippen LogP contribution in [-0.4, -0.2) is 34.4 Å². The van der Waals surface area contributed by atoms with Crippen LogP contribution in [-0.2, 0) is 4.74 Å². The molecule has 2 aromatic heterocycles. The summed E-state index contributed by atoms with van der Waals surface area (Å²) in [6.45, 7) is 4.68. The van der Waals surface area contributed by atoms with Crippen LogP contribution in [0.15, 0.2) is 18.3 Å². The van der Waals surface area contributed by atoms with Crippen molar-refractivity contribution in [3.05, 3.63) is 23.9 Å². The smallest absolute Gasteiger partial charge is 0.243 e. The Hall–Kier alpha value is -1.62. The summed E-state index contributed by atoms with van der Waals surface area (Å²) >= 11 is 0. The Kier molecular flexibility index (Phi) is 3.05. The van der Waals surface area contributed by atoms with Crippen LogP contribution in [0.25, 0.3) is 5.65 Å². The van der Waals surface area contributed by atoms with Crippen molar-refractivity contribution in [2.45, 2.75) is 19.9 Å². The summed E-state index contributed by atoms with van der Waals surface area (Å²) < 4.78 is 6.82. The zero-order valence-corrected chi connectivity index (χ0v) is 9.77. The van der Waals surface area contributed by atoms with Crippen LogP contribution in [0.5, 0.6) is 0 Å². The molecule has 0 aliphatic heterocycles. The first-order valence-corrected chi connectivity index (χ1v) is 5.28. The van der Waals surface area contributed by atoms with E-state index < -0.39 is 0 Å². The second-order valence-corrected chi connectivity index (χ2v) is 3.90. The van der Waals surface area contributed by atoms with E-state index in [9.17, 15) is 0 Å². The molecule has 0 saturated heterocycles. The Bertz CT molecular complexity index is 480. The number of ether oxygens (including phenoxy) is 1. The molecule has 5 nitrogen and oxygen atoms in total. The fourth-order valence-corrected chi connectivity index (χ4v) is 1.61. The monoisotopic (exact) mass is 220 g/mol. The second-order valence-electron chi connectivity index (χ2n) is 3.90. The molecular weight excluding hydrogens is 204 g/mol. The third-order valence-corrected chi connectivity index (χ3v) is 2.35. The maximum Gasteiger partial charge on any atom is 0.243 e. The predicted octanol–water partition coefficient (Wildman–Crippen LogP) is 1.48. The topological polar surface area (TPSA) is 51.5 Å². The van der Waals surface area contributed by atoms with Crippen molar-refractivity contribution in [3.8, 4) is 0 Å². The van der Waals surface area contributed by atoms with E-state index in [1.54, 1.807) is 11.6 Å². The van der Waals surface area contributed by atoms with Gasteiger partial charge in [-0.05, 0) is 25.5 Å². The van der Waals surface area contributed by atoms with Crippen LogP contribution in [0.3, 0.4) is 0 Å². The molecule has 0 aliphatic rings. The molecule has 1 N–H and O–H groups in total. The summed E-state index contributed by atoms with van der Waals surface area (Å²) in [4.78, 5) is 4.42. The van der Waals surface area contributed by atoms with E-state index in [0.717, 1.165) is 11.2 Å². The standard InChI is InChI=1S/C11H16N4O/c1-8-5-4-6-15-10(8)13-11(14-15)12-9(2)7-16-3/h4-6,9H,7H2,1-3H3,(H,12,14). The molecule has 0 fully saturated rings. The number of pyridine rings is 1. The highest BCUT2D eigenvalue weighted by Crippen LogP contribution is 2.10. The molecule has 1 atom stereocenters. The Balaban J connectivity index is 2.23. The van der Waals surface area contributed by atoms with Crippen molar-refractivity contribution in [2.75, 3.05) is 19.0 Å². The van der Waals surface area contributed by atoms with Crippen molar-refractivity contribution >= 4 is 11.6 Å². The number of hydrogen-bond donors (Lipinski definition) is 1. The minimum atomic E-state index is 0.197. The molecule has 5 heteroatoms. The SMILES string of the molecule is COCC(C)Nc1nc2c(C)cccn2n1. The zero-order chi connectivity index (χ0) is 11.5. The van der Waals surface area contributed by atoms with E-state index in [0.29, 0.717) is 12.6 Å². The van der Waals surface area contributed by atoms with E-state index in [-0.39, 0.29) is 6.04 Å². The molecule has 0 saturated carbocycles. The van der Waals surface area contributed by atoms with Crippen molar-refractivity contribution in [2.24, 2.45) is 0 Å². The van der Waals surface area contributed by atoms with Gasteiger partial charge in [0.05, 0.1) is 6.61 Å². The number of rotatable bonds is 4. The normalized spacial score (nSPS) is 12.9. The van der Waals surface area contributed by atoms with Crippen LogP contribution >= 0.6 is 0 Å². The van der Waals surface area contributed by atoms with Crippen molar-refractivity contribution in [1.29, 1.82) is 0 Å². The molecule has 0 amide bonds. The van der Waals surface area contributed by atoms with Gasteiger partial charge in [0.15, 0.2) is 5.65 Å². The molecule has 1 unspecified atom stereocenters. The Morgan fingerprint density at radius 3 is 3.06 bits per heavy atom. The van der Waals surface area contributed by atoms with Crippen LogP contribution in [0, 0.1) is 6.92 Å². The van der Waals surface area contributed by atoms with Crippen LogP contribution in [0.2, 0.25) is 0 Å². The highest BCUT2D eigenvalue weighted by atomic mass is 16.5. The number of nitrogens with zero attached hydrogens (tertiary/aromatic N) is 3. The highest BCUT2D eigenvalue weighted by molar-refractivity contribution is 5.49. The van der Waals surface area contributed by atoms with Gasteiger partial charge in [-0.3, -0.25) is 0 Å². The minimum Gasteiger partial charge on any atom is -0.383 e. The van der Waals surface area contributed by atoms with Gasteiger partial charge in [0, 0.05) is 19.3 Å². The molecule has 0 spiro atoms. The molecular formula is C11H16N4O. The maximum atomic E-state index is 5.05. The molecule has 0 radical (unpaired) electrons. The van der Waals surface area contributed by atoms with Crippen molar-refractivity contribution in [1.82, 2.24) is 14.6 Å². The molecule has 0 bridgehead atoms. The van der Waals surface area contributed by atoms with Gasteiger partial charge in [-0.1, -0.05) is 6.07 Å². The average molecular weight is 220 g/mol. The van der Waals surface area contributed by atoms with E-state index in [2.05, 4.69) is 15.4 Å². The number of aryl methyl sites for hydroxylation is 1. The first-order valence-electron chi connectivity index (χ1n) is 5.28. The van der Waals surface area contributed by atoms with Crippen molar-refractivity contribution in [3.63, 3.8) is 0 Å². The fourth-order valence-electron chi connectivity index (χ4n) is 1.61. The maximum absolute atomic E-state index is 5.05. The number of nitrogens with one attached hydrogen (secondary N) is 1. The summed E-state index contributed by atoms with van der Waals surface area (Å²) in [6.07, 6.45) is 1.89. The number of methoxy groups -OCH3 is 1. The van der Waals surface area contributed by atoms with Gasteiger partial charge in [0.25, 0.3) is 0 Å².